The van der Waals surface area contributed by atoms with Gasteiger partial charge >= 0.3 is 6.03 Å². The Bertz CT molecular complexity index is 663. The van der Waals surface area contributed by atoms with Crippen molar-refractivity contribution in [3.63, 3.8) is 0 Å². The molecule has 1 aliphatic carbocycles. The van der Waals surface area contributed by atoms with Crippen LogP contribution in [0.4, 0.5) is 10.5 Å². The highest BCUT2D eigenvalue weighted by Gasteiger charge is 2.51. The summed E-state index contributed by atoms with van der Waals surface area (Å²) < 4.78 is 5.07. The second kappa shape index (κ2) is 7.13. The predicted molar refractivity (Wildman–Crippen MR) is 92.3 cm³/mol. The highest BCUT2D eigenvalue weighted by atomic mass is 16.5. The Morgan fingerprint density at radius 3 is 2.40 bits per heavy atom. The molecule has 3 rings (SSSR count). The van der Waals surface area contributed by atoms with Crippen LogP contribution in [0, 0.1) is 0 Å². The number of hydrogen-bond donors (Lipinski definition) is 2. The summed E-state index contributed by atoms with van der Waals surface area (Å²) in [4.78, 5) is 38.3. The summed E-state index contributed by atoms with van der Waals surface area (Å²) in [5, 5.41) is 5.53. The van der Waals surface area contributed by atoms with Gasteiger partial charge in [0.05, 0.1) is 7.11 Å². The van der Waals surface area contributed by atoms with Gasteiger partial charge in [0.15, 0.2) is 0 Å². The SMILES string of the molecule is COc1ccc(NC(=O)CN2C(=O)NC3(CCCCCC3)C2=O)cc1. The largest absolute Gasteiger partial charge is 0.497 e. The zero-order valence-electron chi connectivity index (χ0n) is 14.3. The Morgan fingerprint density at radius 2 is 1.80 bits per heavy atom. The maximum Gasteiger partial charge on any atom is 0.325 e. The molecule has 1 spiro atoms. The number of rotatable bonds is 4. The van der Waals surface area contributed by atoms with Crippen molar-refractivity contribution in [3.8, 4) is 5.75 Å². The first kappa shape index (κ1) is 17.3. The predicted octanol–water partition coefficient (Wildman–Crippen LogP) is 2.28. The molecule has 1 saturated carbocycles. The molecule has 0 bridgehead atoms. The average Bonchev–Trinajstić information content (AvgIpc) is 2.77. The molecule has 1 aromatic carbocycles. The minimum Gasteiger partial charge on any atom is -0.497 e. The molecule has 4 amide bonds. The normalized spacial score (nSPS) is 19.5. The molecule has 0 aromatic heterocycles. The molecule has 1 saturated heterocycles. The lowest BCUT2D eigenvalue weighted by Gasteiger charge is -2.24. The number of imide groups is 1. The first-order valence-electron chi connectivity index (χ1n) is 8.62. The van der Waals surface area contributed by atoms with Gasteiger partial charge in [-0.2, -0.15) is 0 Å². The summed E-state index contributed by atoms with van der Waals surface area (Å²) in [5.74, 6) is 0.00558. The van der Waals surface area contributed by atoms with E-state index in [-0.39, 0.29) is 12.5 Å². The molecule has 0 unspecified atom stereocenters. The van der Waals surface area contributed by atoms with Gasteiger partial charge in [-0.05, 0) is 37.1 Å². The van der Waals surface area contributed by atoms with Crippen LogP contribution in [0.5, 0.6) is 5.75 Å². The van der Waals surface area contributed by atoms with E-state index in [1.807, 2.05) is 0 Å². The number of methoxy groups -OCH3 is 1. The average molecular weight is 345 g/mol. The van der Waals surface area contributed by atoms with Crippen molar-refractivity contribution in [3.05, 3.63) is 24.3 Å². The molecule has 2 fully saturated rings. The molecular weight excluding hydrogens is 322 g/mol. The van der Waals surface area contributed by atoms with Gasteiger partial charge in [-0.1, -0.05) is 25.7 Å². The Labute approximate surface area is 146 Å². The quantitative estimate of drug-likeness (QED) is 0.820. The number of benzene rings is 1. The fourth-order valence-electron chi connectivity index (χ4n) is 3.51. The third kappa shape index (κ3) is 3.60. The van der Waals surface area contributed by atoms with E-state index >= 15 is 0 Å². The van der Waals surface area contributed by atoms with Crippen LogP contribution in [0.1, 0.15) is 38.5 Å². The monoisotopic (exact) mass is 345 g/mol. The molecule has 1 heterocycles. The van der Waals surface area contributed by atoms with Crippen LogP contribution >= 0.6 is 0 Å². The maximum absolute atomic E-state index is 12.8. The zero-order chi connectivity index (χ0) is 17.9. The summed E-state index contributed by atoms with van der Waals surface area (Å²) in [6.45, 7) is -0.279. The van der Waals surface area contributed by atoms with Crippen LogP contribution in [-0.4, -0.2) is 41.9 Å². The van der Waals surface area contributed by atoms with E-state index in [4.69, 9.17) is 4.74 Å². The van der Waals surface area contributed by atoms with Crippen LogP contribution in [-0.2, 0) is 9.59 Å². The first-order valence-corrected chi connectivity index (χ1v) is 8.62. The van der Waals surface area contributed by atoms with Crippen LogP contribution in [0.3, 0.4) is 0 Å². The minimum absolute atomic E-state index is 0.274. The molecule has 1 aliphatic heterocycles. The highest BCUT2D eigenvalue weighted by molar-refractivity contribution is 6.10. The summed E-state index contributed by atoms with van der Waals surface area (Å²) >= 11 is 0. The molecule has 0 atom stereocenters. The van der Waals surface area contributed by atoms with Gasteiger partial charge < -0.3 is 15.4 Å². The summed E-state index contributed by atoms with van der Waals surface area (Å²) in [7, 11) is 1.56. The van der Waals surface area contributed by atoms with Gasteiger partial charge in [0.1, 0.15) is 17.8 Å². The molecule has 1 aromatic rings. The van der Waals surface area contributed by atoms with E-state index in [0.29, 0.717) is 24.3 Å². The smallest absolute Gasteiger partial charge is 0.325 e. The van der Waals surface area contributed by atoms with E-state index in [1.165, 1.54) is 0 Å². The molecule has 2 N–H and O–H groups in total. The molecule has 0 radical (unpaired) electrons. The number of nitrogens with zero attached hydrogens (tertiary/aromatic N) is 1. The number of amides is 4. The fourth-order valence-corrected chi connectivity index (χ4v) is 3.51. The zero-order valence-corrected chi connectivity index (χ0v) is 14.3. The van der Waals surface area contributed by atoms with Crippen molar-refractivity contribution in [2.24, 2.45) is 0 Å². The number of carbonyl (C=O) groups excluding carboxylic acids is 3. The Balaban J connectivity index is 1.64. The van der Waals surface area contributed by atoms with Crippen molar-refractivity contribution in [2.75, 3.05) is 19.0 Å². The standard InChI is InChI=1S/C18H23N3O4/c1-25-14-8-6-13(7-9-14)19-15(22)12-21-16(23)18(20-17(21)24)10-4-2-3-5-11-18/h6-9H,2-5,10-12H2,1H3,(H,19,22)(H,20,24). The first-order chi connectivity index (χ1) is 12.0. The maximum atomic E-state index is 12.8. The third-order valence-electron chi connectivity index (χ3n) is 4.88. The molecule has 2 aliphatic rings. The molecule has 7 heteroatoms. The Hall–Kier alpha value is -2.57. The Morgan fingerprint density at radius 1 is 1.16 bits per heavy atom. The summed E-state index contributed by atoms with van der Waals surface area (Å²) in [6, 6.07) is 6.38. The Kier molecular flexibility index (Phi) is 4.92. The van der Waals surface area contributed by atoms with Crippen molar-refractivity contribution in [2.45, 2.75) is 44.1 Å². The van der Waals surface area contributed by atoms with Crippen molar-refractivity contribution >= 4 is 23.5 Å². The minimum atomic E-state index is -0.812. The van der Waals surface area contributed by atoms with Gasteiger partial charge in [-0.3, -0.25) is 14.5 Å². The highest BCUT2D eigenvalue weighted by Crippen LogP contribution is 2.32. The molecule has 25 heavy (non-hydrogen) atoms. The lowest BCUT2D eigenvalue weighted by atomic mass is 9.90. The second-order valence-electron chi connectivity index (χ2n) is 6.59. The van der Waals surface area contributed by atoms with Crippen LogP contribution in [0.15, 0.2) is 24.3 Å². The topological polar surface area (TPSA) is 87.7 Å². The van der Waals surface area contributed by atoms with Gasteiger partial charge in [0.2, 0.25) is 5.91 Å². The lowest BCUT2D eigenvalue weighted by Crippen LogP contribution is -2.47. The fraction of sp³-hybridized carbons (Fsp3) is 0.500. The van der Waals surface area contributed by atoms with E-state index in [9.17, 15) is 14.4 Å². The van der Waals surface area contributed by atoms with Crippen molar-refractivity contribution in [1.82, 2.24) is 10.2 Å². The third-order valence-corrected chi connectivity index (χ3v) is 4.88. The van der Waals surface area contributed by atoms with Crippen molar-refractivity contribution < 1.29 is 19.1 Å². The van der Waals surface area contributed by atoms with Crippen LogP contribution in [0.25, 0.3) is 0 Å². The summed E-state index contributed by atoms with van der Waals surface area (Å²) in [5.41, 5.74) is -0.226. The van der Waals surface area contributed by atoms with E-state index in [1.54, 1.807) is 31.4 Å². The lowest BCUT2D eigenvalue weighted by molar-refractivity contribution is -0.134. The number of carbonyl (C=O) groups is 3. The van der Waals surface area contributed by atoms with Gasteiger partial charge in [0, 0.05) is 5.69 Å². The van der Waals surface area contributed by atoms with E-state index in [0.717, 1.165) is 30.6 Å². The van der Waals surface area contributed by atoms with Crippen LogP contribution < -0.4 is 15.4 Å². The molecular formula is C18H23N3O4. The molecule has 134 valence electrons. The number of anilines is 1. The molecule has 7 nitrogen and oxygen atoms in total. The summed E-state index contributed by atoms with van der Waals surface area (Å²) in [6.07, 6.45) is 5.27. The van der Waals surface area contributed by atoms with Crippen LogP contribution in [0.2, 0.25) is 0 Å². The van der Waals surface area contributed by atoms with Gasteiger partial charge in [-0.25, -0.2) is 4.79 Å². The van der Waals surface area contributed by atoms with E-state index < -0.39 is 17.5 Å². The number of ether oxygens (including phenoxy) is 1. The van der Waals surface area contributed by atoms with Crippen molar-refractivity contribution in [1.29, 1.82) is 0 Å². The number of hydrogen-bond acceptors (Lipinski definition) is 4. The van der Waals surface area contributed by atoms with Gasteiger partial charge in [-0.15, -0.1) is 0 Å². The number of urea groups is 1. The van der Waals surface area contributed by atoms with E-state index in [2.05, 4.69) is 10.6 Å². The number of nitrogens with one attached hydrogen (secondary N) is 2. The van der Waals surface area contributed by atoms with Gasteiger partial charge in [0.25, 0.3) is 5.91 Å². The second-order valence-corrected chi connectivity index (χ2v) is 6.59.